The molecule has 2 saturated heterocycles. The SMILES string of the molecule is Cc1nc(CN2CCN(Cc3ccc(C4CCCO4)s3)CC2)no1. The Labute approximate surface area is 146 Å². The second kappa shape index (κ2) is 7.31. The molecular formula is C17H24N4O2S. The van der Waals surface area contributed by atoms with Crippen molar-refractivity contribution in [3.8, 4) is 0 Å². The number of hydrogen-bond donors (Lipinski definition) is 0. The van der Waals surface area contributed by atoms with Gasteiger partial charge in [0, 0.05) is 56.0 Å². The Bertz CT molecular complexity index is 657. The first-order chi connectivity index (χ1) is 11.8. The quantitative estimate of drug-likeness (QED) is 0.828. The summed E-state index contributed by atoms with van der Waals surface area (Å²) in [6.45, 7) is 8.86. The van der Waals surface area contributed by atoms with Gasteiger partial charge in [-0.1, -0.05) is 5.16 Å². The van der Waals surface area contributed by atoms with Crippen LogP contribution in [0, 0.1) is 6.92 Å². The molecule has 2 aromatic rings. The number of nitrogens with zero attached hydrogens (tertiary/aromatic N) is 4. The number of hydrogen-bond acceptors (Lipinski definition) is 7. The Morgan fingerprint density at radius 3 is 2.62 bits per heavy atom. The van der Waals surface area contributed by atoms with Crippen molar-refractivity contribution in [1.29, 1.82) is 0 Å². The third kappa shape index (κ3) is 3.85. The van der Waals surface area contributed by atoms with E-state index in [9.17, 15) is 0 Å². The molecule has 130 valence electrons. The van der Waals surface area contributed by atoms with E-state index in [0.717, 1.165) is 51.7 Å². The molecular weight excluding hydrogens is 324 g/mol. The van der Waals surface area contributed by atoms with Gasteiger partial charge >= 0.3 is 0 Å². The van der Waals surface area contributed by atoms with Crippen LogP contribution in [0.3, 0.4) is 0 Å². The summed E-state index contributed by atoms with van der Waals surface area (Å²) in [7, 11) is 0. The highest BCUT2D eigenvalue weighted by atomic mass is 32.1. The van der Waals surface area contributed by atoms with E-state index in [4.69, 9.17) is 9.26 Å². The number of aryl methyl sites for hydroxylation is 1. The van der Waals surface area contributed by atoms with Gasteiger partial charge in [-0.05, 0) is 25.0 Å². The normalized spacial score (nSPS) is 23.1. The zero-order valence-corrected chi connectivity index (χ0v) is 14.9. The predicted molar refractivity (Wildman–Crippen MR) is 91.8 cm³/mol. The molecule has 6 nitrogen and oxygen atoms in total. The van der Waals surface area contributed by atoms with Gasteiger partial charge in [0.05, 0.1) is 12.6 Å². The van der Waals surface area contributed by atoms with Crippen LogP contribution in [-0.4, -0.2) is 52.7 Å². The summed E-state index contributed by atoms with van der Waals surface area (Å²) in [5, 5.41) is 3.99. The minimum atomic E-state index is 0.346. The van der Waals surface area contributed by atoms with Gasteiger partial charge in [0.1, 0.15) is 0 Å². The lowest BCUT2D eigenvalue weighted by atomic mass is 10.2. The summed E-state index contributed by atoms with van der Waals surface area (Å²) >= 11 is 1.92. The third-order valence-electron chi connectivity index (χ3n) is 4.71. The molecule has 0 aromatic carbocycles. The van der Waals surface area contributed by atoms with Crippen LogP contribution in [0.15, 0.2) is 16.7 Å². The smallest absolute Gasteiger partial charge is 0.223 e. The summed E-state index contributed by atoms with van der Waals surface area (Å²) in [5.74, 6) is 1.43. The molecule has 0 bridgehead atoms. The van der Waals surface area contributed by atoms with Crippen LogP contribution in [0.25, 0.3) is 0 Å². The fourth-order valence-electron chi connectivity index (χ4n) is 3.39. The van der Waals surface area contributed by atoms with Crippen LogP contribution in [0.2, 0.25) is 0 Å². The third-order valence-corrected chi connectivity index (χ3v) is 5.87. The number of aromatic nitrogens is 2. The summed E-state index contributed by atoms with van der Waals surface area (Å²) in [6, 6.07) is 4.53. The van der Waals surface area contributed by atoms with Crippen LogP contribution in [0.1, 0.15) is 40.4 Å². The van der Waals surface area contributed by atoms with E-state index in [1.165, 1.54) is 22.6 Å². The molecule has 0 aliphatic carbocycles. The minimum absolute atomic E-state index is 0.346. The monoisotopic (exact) mass is 348 g/mol. The van der Waals surface area contributed by atoms with Crippen molar-refractivity contribution in [3.05, 3.63) is 33.6 Å². The van der Waals surface area contributed by atoms with Gasteiger partial charge < -0.3 is 9.26 Å². The molecule has 1 unspecified atom stereocenters. The largest absolute Gasteiger partial charge is 0.373 e. The second-order valence-corrected chi connectivity index (χ2v) is 7.79. The first-order valence-electron chi connectivity index (χ1n) is 8.70. The lowest BCUT2D eigenvalue weighted by molar-refractivity contribution is 0.114. The van der Waals surface area contributed by atoms with Crippen LogP contribution < -0.4 is 0 Å². The lowest BCUT2D eigenvalue weighted by Gasteiger charge is -2.33. The van der Waals surface area contributed by atoms with Gasteiger partial charge in [0.15, 0.2) is 5.82 Å². The molecule has 0 radical (unpaired) electrons. The molecule has 2 aromatic heterocycles. The molecule has 2 aliphatic heterocycles. The van der Waals surface area contributed by atoms with Gasteiger partial charge in [0.2, 0.25) is 5.89 Å². The molecule has 2 aliphatic rings. The average molecular weight is 348 g/mol. The van der Waals surface area contributed by atoms with Crippen molar-refractivity contribution in [1.82, 2.24) is 19.9 Å². The molecule has 0 N–H and O–H groups in total. The number of rotatable bonds is 5. The van der Waals surface area contributed by atoms with E-state index < -0.39 is 0 Å². The first-order valence-corrected chi connectivity index (χ1v) is 9.52. The lowest BCUT2D eigenvalue weighted by Crippen LogP contribution is -2.45. The zero-order valence-electron chi connectivity index (χ0n) is 14.1. The van der Waals surface area contributed by atoms with E-state index in [1.807, 2.05) is 18.3 Å². The van der Waals surface area contributed by atoms with Crippen molar-refractivity contribution in [3.63, 3.8) is 0 Å². The molecule has 2 fully saturated rings. The summed E-state index contributed by atoms with van der Waals surface area (Å²) in [5.41, 5.74) is 0. The van der Waals surface area contributed by atoms with Crippen molar-refractivity contribution in [2.24, 2.45) is 0 Å². The van der Waals surface area contributed by atoms with E-state index >= 15 is 0 Å². The Morgan fingerprint density at radius 2 is 1.96 bits per heavy atom. The maximum absolute atomic E-state index is 5.79. The van der Waals surface area contributed by atoms with E-state index in [0.29, 0.717) is 12.0 Å². The summed E-state index contributed by atoms with van der Waals surface area (Å²) in [4.78, 5) is 12.1. The van der Waals surface area contributed by atoms with Crippen molar-refractivity contribution >= 4 is 11.3 Å². The molecule has 7 heteroatoms. The van der Waals surface area contributed by atoms with Gasteiger partial charge in [0.25, 0.3) is 0 Å². The van der Waals surface area contributed by atoms with Gasteiger partial charge in [-0.3, -0.25) is 9.80 Å². The Kier molecular flexibility index (Phi) is 4.93. The second-order valence-electron chi connectivity index (χ2n) is 6.59. The Balaban J connectivity index is 1.25. The van der Waals surface area contributed by atoms with Crippen molar-refractivity contribution in [2.75, 3.05) is 32.8 Å². The number of thiophene rings is 1. The van der Waals surface area contributed by atoms with E-state index in [2.05, 4.69) is 32.1 Å². The van der Waals surface area contributed by atoms with Crippen LogP contribution in [0.5, 0.6) is 0 Å². The number of ether oxygens (including phenoxy) is 1. The maximum atomic E-state index is 5.79. The van der Waals surface area contributed by atoms with Gasteiger partial charge in [-0.25, -0.2) is 0 Å². The van der Waals surface area contributed by atoms with Crippen molar-refractivity contribution in [2.45, 2.75) is 39.0 Å². The van der Waals surface area contributed by atoms with Gasteiger partial charge in [-0.2, -0.15) is 4.98 Å². The molecule has 24 heavy (non-hydrogen) atoms. The fraction of sp³-hybridized carbons (Fsp3) is 0.647. The fourth-order valence-corrected chi connectivity index (χ4v) is 4.53. The average Bonchev–Trinajstić information content (AvgIpc) is 3.31. The highest BCUT2D eigenvalue weighted by Crippen LogP contribution is 2.33. The molecule has 0 spiro atoms. The number of piperazine rings is 1. The minimum Gasteiger partial charge on any atom is -0.373 e. The Morgan fingerprint density at radius 1 is 1.17 bits per heavy atom. The van der Waals surface area contributed by atoms with E-state index in [-0.39, 0.29) is 0 Å². The Hall–Kier alpha value is -1.28. The molecule has 4 heterocycles. The topological polar surface area (TPSA) is 54.6 Å². The van der Waals surface area contributed by atoms with Gasteiger partial charge in [-0.15, -0.1) is 11.3 Å². The summed E-state index contributed by atoms with van der Waals surface area (Å²) in [6.07, 6.45) is 2.72. The zero-order chi connectivity index (χ0) is 16.4. The summed E-state index contributed by atoms with van der Waals surface area (Å²) < 4.78 is 10.8. The van der Waals surface area contributed by atoms with Crippen LogP contribution in [0.4, 0.5) is 0 Å². The predicted octanol–water partition coefficient (Wildman–Crippen LogP) is 2.61. The molecule has 1 atom stereocenters. The van der Waals surface area contributed by atoms with Crippen LogP contribution >= 0.6 is 11.3 Å². The van der Waals surface area contributed by atoms with Crippen molar-refractivity contribution < 1.29 is 9.26 Å². The molecule has 4 rings (SSSR count). The maximum Gasteiger partial charge on any atom is 0.223 e. The van der Waals surface area contributed by atoms with Crippen LogP contribution in [-0.2, 0) is 17.8 Å². The molecule has 0 saturated carbocycles. The molecule has 0 amide bonds. The first kappa shape index (κ1) is 16.2. The highest BCUT2D eigenvalue weighted by molar-refractivity contribution is 7.12. The standard InChI is InChI=1S/C17H24N4O2S/c1-13-18-17(19-23-13)12-21-8-6-20(7-9-21)11-14-4-5-16(24-14)15-3-2-10-22-15/h4-5,15H,2-3,6-12H2,1H3. The highest BCUT2D eigenvalue weighted by Gasteiger charge is 2.22. The van der Waals surface area contributed by atoms with E-state index in [1.54, 1.807) is 0 Å².